The van der Waals surface area contributed by atoms with Crippen molar-refractivity contribution in [2.24, 2.45) is 7.05 Å². The lowest BCUT2D eigenvalue weighted by molar-refractivity contribution is 0.320. The van der Waals surface area contributed by atoms with Crippen molar-refractivity contribution in [2.75, 3.05) is 0 Å². The standard InChI is InChI=1S/C21H29NO2/c1-14(11-13-19-21(3,4)24-19)10-12-17-15(2)20(23)16-8-6-7-9-18(16)22(17)5/h8-10,19H,6-7,11-13H2,1-5H3/b14-10+. The molecule has 1 fully saturated rings. The second-order valence-corrected chi connectivity index (χ2v) is 7.75. The van der Waals surface area contributed by atoms with E-state index in [9.17, 15) is 4.79 Å². The van der Waals surface area contributed by atoms with Crippen molar-refractivity contribution in [1.29, 1.82) is 0 Å². The molecule has 3 rings (SSSR count). The lowest BCUT2D eigenvalue weighted by atomic mass is 10.0. The molecule has 24 heavy (non-hydrogen) atoms. The highest BCUT2D eigenvalue weighted by Gasteiger charge is 2.46. The number of fused-ring (bicyclic) bond motifs is 1. The number of rotatable bonds is 5. The molecular formula is C21H29NO2. The highest BCUT2D eigenvalue weighted by molar-refractivity contribution is 5.39. The van der Waals surface area contributed by atoms with Crippen LogP contribution in [0.15, 0.2) is 16.4 Å². The molecule has 1 saturated heterocycles. The normalized spacial score (nSPS) is 21.7. The Hall–Kier alpha value is -1.61. The largest absolute Gasteiger partial charge is 0.367 e. The van der Waals surface area contributed by atoms with Gasteiger partial charge in [-0.25, -0.2) is 0 Å². The van der Waals surface area contributed by atoms with Gasteiger partial charge in [0.1, 0.15) is 0 Å². The molecule has 2 heterocycles. The Kier molecular flexibility index (Phi) is 4.56. The first kappa shape index (κ1) is 17.2. The number of aromatic nitrogens is 1. The predicted molar refractivity (Wildman–Crippen MR) is 99.5 cm³/mol. The van der Waals surface area contributed by atoms with Crippen LogP contribution >= 0.6 is 0 Å². The maximum absolute atomic E-state index is 12.6. The van der Waals surface area contributed by atoms with E-state index in [4.69, 9.17) is 4.74 Å². The van der Waals surface area contributed by atoms with E-state index in [2.05, 4.69) is 50.6 Å². The van der Waals surface area contributed by atoms with Crippen LogP contribution in [-0.2, 0) is 18.2 Å². The molecule has 0 bridgehead atoms. The molecule has 1 atom stereocenters. The molecule has 2 aliphatic rings. The van der Waals surface area contributed by atoms with Crippen LogP contribution in [0.3, 0.4) is 0 Å². The summed E-state index contributed by atoms with van der Waals surface area (Å²) in [7, 11) is 2.08. The Morgan fingerprint density at radius 3 is 2.71 bits per heavy atom. The summed E-state index contributed by atoms with van der Waals surface area (Å²) in [6.45, 7) is 8.44. The lowest BCUT2D eigenvalue weighted by Crippen LogP contribution is -2.48. The van der Waals surface area contributed by atoms with Crippen LogP contribution in [0.2, 0.25) is 0 Å². The van der Waals surface area contributed by atoms with Gasteiger partial charge >= 0.3 is 0 Å². The van der Waals surface area contributed by atoms with Gasteiger partial charge in [-0.05, 0) is 53.4 Å². The van der Waals surface area contributed by atoms with Crippen LogP contribution < -0.4 is 16.0 Å². The maximum atomic E-state index is 12.6. The van der Waals surface area contributed by atoms with Gasteiger partial charge in [0.15, 0.2) is 5.43 Å². The Balaban J connectivity index is 1.79. The molecule has 3 heteroatoms. The molecule has 0 saturated carbocycles. The first-order valence-corrected chi connectivity index (χ1v) is 9.03. The molecule has 0 spiro atoms. The molecule has 130 valence electrons. The van der Waals surface area contributed by atoms with Gasteiger partial charge in [0.05, 0.1) is 11.7 Å². The van der Waals surface area contributed by atoms with E-state index in [0.29, 0.717) is 6.10 Å². The molecule has 0 aromatic carbocycles. The summed E-state index contributed by atoms with van der Waals surface area (Å²) in [6.07, 6.45) is 11.9. The fourth-order valence-corrected chi connectivity index (χ4v) is 3.68. The number of nitrogens with zero attached hydrogens (tertiary/aromatic N) is 1. The van der Waals surface area contributed by atoms with Gasteiger partial charge in [-0.15, -0.1) is 0 Å². The second kappa shape index (κ2) is 6.36. The zero-order valence-electron chi connectivity index (χ0n) is 15.6. The molecule has 0 N–H and O–H groups in total. The summed E-state index contributed by atoms with van der Waals surface area (Å²) < 4.78 is 7.86. The number of allylic oxidation sites excluding steroid dienone is 2. The Bertz CT molecular complexity index is 855. The number of hydrogen-bond donors (Lipinski definition) is 0. The molecule has 1 aromatic heterocycles. The molecule has 1 aliphatic heterocycles. The van der Waals surface area contributed by atoms with Crippen LogP contribution in [0.5, 0.6) is 0 Å². The number of hydrogen-bond acceptors (Lipinski definition) is 2. The quantitative estimate of drug-likeness (QED) is 0.615. The van der Waals surface area contributed by atoms with Crippen LogP contribution in [-0.4, -0.2) is 16.3 Å². The van der Waals surface area contributed by atoms with Crippen molar-refractivity contribution >= 4 is 12.2 Å². The van der Waals surface area contributed by atoms with Gasteiger partial charge in [-0.2, -0.15) is 0 Å². The fourth-order valence-electron chi connectivity index (χ4n) is 3.68. The van der Waals surface area contributed by atoms with Crippen LogP contribution in [0, 0.1) is 6.92 Å². The van der Waals surface area contributed by atoms with Gasteiger partial charge < -0.3 is 9.30 Å². The van der Waals surface area contributed by atoms with E-state index in [1.165, 1.54) is 5.57 Å². The summed E-state index contributed by atoms with van der Waals surface area (Å²) in [4.78, 5) is 12.6. The third-order valence-corrected chi connectivity index (χ3v) is 5.52. The van der Waals surface area contributed by atoms with E-state index in [1.807, 2.05) is 6.92 Å². The van der Waals surface area contributed by atoms with Crippen molar-refractivity contribution < 1.29 is 4.74 Å². The lowest BCUT2D eigenvalue weighted by Gasteiger charge is -2.14. The van der Waals surface area contributed by atoms with Gasteiger partial charge in [0.25, 0.3) is 0 Å². The molecule has 1 unspecified atom stereocenters. The molecular weight excluding hydrogens is 298 g/mol. The minimum atomic E-state index is 0.0750. The van der Waals surface area contributed by atoms with E-state index < -0.39 is 0 Å². The Morgan fingerprint density at radius 2 is 2.04 bits per heavy atom. The van der Waals surface area contributed by atoms with E-state index in [-0.39, 0.29) is 11.0 Å². The number of pyridine rings is 1. The highest BCUT2D eigenvalue weighted by Crippen LogP contribution is 2.38. The topological polar surface area (TPSA) is 34.5 Å². The average molecular weight is 327 g/mol. The van der Waals surface area contributed by atoms with Crippen molar-refractivity contribution in [3.05, 3.63) is 43.7 Å². The van der Waals surface area contributed by atoms with E-state index in [0.717, 1.165) is 53.9 Å². The van der Waals surface area contributed by atoms with Crippen molar-refractivity contribution in [3.63, 3.8) is 0 Å². The van der Waals surface area contributed by atoms with Crippen LogP contribution in [0.4, 0.5) is 0 Å². The van der Waals surface area contributed by atoms with Gasteiger partial charge in [0, 0.05) is 35.3 Å². The van der Waals surface area contributed by atoms with Gasteiger partial charge in [-0.3, -0.25) is 4.79 Å². The first-order valence-electron chi connectivity index (χ1n) is 9.03. The van der Waals surface area contributed by atoms with E-state index in [1.54, 1.807) is 0 Å². The van der Waals surface area contributed by atoms with Gasteiger partial charge in [0.2, 0.25) is 0 Å². The predicted octanol–water partition coefficient (Wildman–Crippen LogP) is 2.49. The molecule has 0 amide bonds. The minimum absolute atomic E-state index is 0.0750. The van der Waals surface area contributed by atoms with Gasteiger partial charge in [-0.1, -0.05) is 23.8 Å². The smallest absolute Gasteiger partial charge is 0.192 e. The minimum Gasteiger partial charge on any atom is -0.367 e. The third-order valence-electron chi connectivity index (χ3n) is 5.52. The first-order chi connectivity index (χ1) is 11.3. The molecule has 1 aliphatic carbocycles. The van der Waals surface area contributed by atoms with E-state index >= 15 is 0 Å². The molecule has 0 radical (unpaired) electrons. The Morgan fingerprint density at radius 1 is 1.38 bits per heavy atom. The summed E-state index contributed by atoms with van der Waals surface area (Å²) in [5, 5.41) is 1.98. The fraction of sp³-hybridized carbons (Fsp3) is 0.571. The van der Waals surface area contributed by atoms with Crippen LogP contribution in [0.1, 0.15) is 57.7 Å². The summed E-state index contributed by atoms with van der Waals surface area (Å²) in [6, 6.07) is 0. The maximum Gasteiger partial charge on any atom is 0.192 e. The Labute approximate surface area is 144 Å². The van der Waals surface area contributed by atoms with Crippen molar-refractivity contribution in [1.82, 2.24) is 4.57 Å². The second-order valence-electron chi connectivity index (χ2n) is 7.75. The zero-order valence-corrected chi connectivity index (χ0v) is 15.6. The van der Waals surface area contributed by atoms with Crippen molar-refractivity contribution in [3.8, 4) is 0 Å². The third kappa shape index (κ3) is 3.27. The number of epoxide rings is 1. The SMILES string of the molecule is C/C(=C\Cc1c(C)c(=O)c2c(n1C)=CCCC=2)CCC1OC1(C)C. The van der Waals surface area contributed by atoms with Crippen molar-refractivity contribution in [2.45, 2.75) is 71.5 Å². The summed E-state index contributed by atoms with van der Waals surface area (Å²) in [5.74, 6) is 0. The summed E-state index contributed by atoms with van der Waals surface area (Å²) >= 11 is 0. The number of ether oxygens (including phenoxy) is 1. The van der Waals surface area contributed by atoms with Crippen LogP contribution in [0.25, 0.3) is 12.2 Å². The zero-order chi connectivity index (χ0) is 17.5. The molecule has 3 nitrogen and oxygen atoms in total. The average Bonchev–Trinajstić information content (AvgIpc) is 3.18. The highest BCUT2D eigenvalue weighted by atomic mass is 16.6. The monoisotopic (exact) mass is 327 g/mol. The summed E-state index contributed by atoms with van der Waals surface area (Å²) in [5.41, 5.74) is 3.67. The molecule has 1 aromatic rings.